The predicted molar refractivity (Wildman–Crippen MR) is 53.3 cm³/mol. The fraction of sp³-hybridized carbons (Fsp3) is 1.00. The molecule has 0 aromatic heterocycles. The molecule has 1 aliphatic heterocycles. The number of halogens is 3. The van der Waals surface area contributed by atoms with Gasteiger partial charge in [-0.3, -0.25) is 0 Å². The molecular weight excluding hydrogens is 223 g/mol. The lowest BCUT2D eigenvalue weighted by Crippen LogP contribution is -2.49. The van der Waals surface area contributed by atoms with Crippen molar-refractivity contribution in [2.75, 3.05) is 26.4 Å². The van der Waals surface area contributed by atoms with Crippen LogP contribution < -0.4 is 5.32 Å². The van der Waals surface area contributed by atoms with E-state index < -0.39 is 18.9 Å². The van der Waals surface area contributed by atoms with Crippen LogP contribution in [-0.2, 0) is 9.47 Å². The van der Waals surface area contributed by atoms with Gasteiger partial charge in [0.05, 0.1) is 12.7 Å². The highest BCUT2D eigenvalue weighted by atomic mass is 19.4. The minimum Gasteiger partial charge on any atom is -0.379 e. The van der Waals surface area contributed by atoms with Gasteiger partial charge in [0.15, 0.2) is 0 Å². The van der Waals surface area contributed by atoms with Crippen molar-refractivity contribution < 1.29 is 22.6 Å². The minimum absolute atomic E-state index is 0.0314. The zero-order valence-corrected chi connectivity index (χ0v) is 9.35. The summed E-state index contributed by atoms with van der Waals surface area (Å²) in [6.07, 6.45) is -3.12. The van der Waals surface area contributed by atoms with Crippen LogP contribution in [-0.4, -0.2) is 44.7 Å². The molecule has 16 heavy (non-hydrogen) atoms. The van der Waals surface area contributed by atoms with E-state index in [0.717, 1.165) is 13.0 Å². The number of nitrogens with one attached hydrogen (secondary N) is 1. The van der Waals surface area contributed by atoms with Crippen LogP contribution in [0.15, 0.2) is 0 Å². The summed E-state index contributed by atoms with van der Waals surface area (Å²) in [7, 11) is 0. The summed E-state index contributed by atoms with van der Waals surface area (Å²) in [6.45, 7) is 2.41. The summed E-state index contributed by atoms with van der Waals surface area (Å²) >= 11 is 0. The number of hydrogen-bond donors (Lipinski definition) is 1. The van der Waals surface area contributed by atoms with E-state index >= 15 is 0 Å². The first kappa shape index (κ1) is 13.7. The van der Waals surface area contributed by atoms with Crippen molar-refractivity contribution in [3.8, 4) is 0 Å². The summed E-state index contributed by atoms with van der Waals surface area (Å²) in [4.78, 5) is 0. The largest absolute Gasteiger partial charge is 0.411 e. The van der Waals surface area contributed by atoms with Crippen LogP contribution in [0.1, 0.15) is 19.8 Å². The van der Waals surface area contributed by atoms with Crippen LogP contribution in [0.2, 0.25) is 0 Å². The molecule has 1 fully saturated rings. The van der Waals surface area contributed by atoms with E-state index in [-0.39, 0.29) is 12.6 Å². The Morgan fingerprint density at radius 3 is 2.81 bits per heavy atom. The van der Waals surface area contributed by atoms with Crippen LogP contribution >= 0.6 is 0 Å². The Bertz CT molecular complexity index is 199. The molecule has 1 heterocycles. The molecule has 1 saturated heterocycles. The fourth-order valence-corrected chi connectivity index (χ4v) is 1.64. The van der Waals surface area contributed by atoms with Crippen LogP contribution in [0.4, 0.5) is 13.2 Å². The number of alkyl halides is 3. The predicted octanol–water partition coefficient (Wildman–Crippen LogP) is 1.72. The standard InChI is InChI=1S/C10H18F3NO2/c1-2-4-14-8-3-5-15-6-9(8)16-7-10(11,12)13/h8-9,14H,2-7H2,1H3. The van der Waals surface area contributed by atoms with E-state index in [0.29, 0.717) is 13.0 Å². The summed E-state index contributed by atoms with van der Waals surface area (Å²) in [6, 6.07) is -0.0314. The molecule has 0 saturated carbocycles. The summed E-state index contributed by atoms with van der Waals surface area (Å²) in [5.74, 6) is 0. The van der Waals surface area contributed by atoms with Crippen molar-refractivity contribution in [3.05, 3.63) is 0 Å². The Hall–Kier alpha value is -0.330. The maximum Gasteiger partial charge on any atom is 0.411 e. The van der Waals surface area contributed by atoms with Gasteiger partial charge in [0.1, 0.15) is 6.61 Å². The SMILES string of the molecule is CCCNC1CCOCC1OCC(F)(F)F. The topological polar surface area (TPSA) is 30.5 Å². The molecule has 2 atom stereocenters. The van der Waals surface area contributed by atoms with Crippen molar-refractivity contribution in [2.24, 2.45) is 0 Å². The first-order valence-corrected chi connectivity index (χ1v) is 5.52. The van der Waals surface area contributed by atoms with Gasteiger partial charge in [0.25, 0.3) is 0 Å². The molecule has 1 aliphatic rings. The van der Waals surface area contributed by atoms with Gasteiger partial charge in [0, 0.05) is 12.6 Å². The van der Waals surface area contributed by atoms with E-state index in [2.05, 4.69) is 5.32 Å². The Morgan fingerprint density at radius 2 is 2.19 bits per heavy atom. The van der Waals surface area contributed by atoms with E-state index in [1.165, 1.54) is 0 Å². The third-order valence-corrected chi connectivity index (χ3v) is 2.42. The number of rotatable bonds is 5. The zero-order chi connectivity index (χ0) is 12.0. The fourth-order valence-electron chi connectivity index (χ4n) is 1.64. The molecule has 0 aliphatic carbocycles. The average molecular weight is 241 g/mol. The van der Waals surface area contributed by atoms with Crippen LogP contribution in [0, 0.1) is 0 Å². The Labute approximate surface area is 93.3 Å². The maximum atomic E-state index is 12.0. The normalized spacial score (nSPS) is 27.0. The zero-order valence-electron chi connectivity index (χ0n) is 9.35. The lowest BCUT2D eigenvalue weighted by atomic mass is 10.1. The lowest BCUT2D eigenvalue weighted by molar-refractivity contribution is -0.198. The van der Waals surface area contributed by atoms with Gasteiger partial charge in [-0.25, -0.2) is 0 Å². The molecule has 1 N–H and O–H groups in total. The summed E-state index contributed by atoms with van der Waals surface area (Å²) < 4.78 is 46.0. The van der Waals surface area contributed by atoms with Crippen LogP contribution in [0.3, 0.4) is 0 Å². The van der Waals surface area contributed by atoms with E-state index in [4.69, 9.17) is 9.47 Å². The first-order chi connectivity index (χ1) is 7.53. The Balaban J connectivity index is 2.34. The van der Waals surface area contributed by atoms with Crippen LogP contribution in [0.25, 0.3) is 0 Å². The summed E-state index contributed by atoms with van der Waals surface area (Å²) in [5, 5.41) is 3.19. The van der Waals surface area contributed by atoms with Gasteiger partial charge in [-0.05, 0) is 19.4 Å². The molecule has 1 rings (SSSR count). The van der Waals surface area contributed by atoms with Gasteiger partial charge in [-0.1, -0.05) is 6.92 Å². The molecule has 6 heteroatoms. The van der Waals surface area contributed by atoms with Gasteiger partial charge >= 0.3 is 6.18 Å². The summed E-state index contributed by atoms with van der Waals surface area (Å²) in [5.41, 5.74) is 0. The van der Waals surface area contributed by atoms with Crippen molar-refractivity contribution in [2.45, 2.75) is 38.1 Å². The second-order valence-electron chi connectivity index (χ2n) is 3.89. The minimum atomic E-state index is -4.27. The molecule has 3 nitrogen and oxygen atoms in total. The van der Waals surface area contributed by atoms with Gasteiger partial charge in [0.2, 0.25) is 0 Å². The molecule has 0 spiro atoms. The smallest absolute Gasteiger partial charge is 0.379 e. The quantitative estimate of drug-likeness (QED) is 0.795. The highest BCUT2D eigenvalue weighted by Gasteiger charge is 2.33. The van der Waals surface area contributed by atoms with Gasteiger partial charge < -0.3 is 14.8 Å². The Morgan fingerprint density at radius 1 is 1.44 bits per heavy atom. The van der Waals surface area contributed by atoms with E-state index in [1.807, 2.05) is 6.92 Å². The van der Waals surface area contributed by atoms with Crippen molar-refractivity contribution in [1.82, 2.24) is 5.32 Å². The monoisotopic (exact) mass is 241 g/mol. The third kappa shape index (κ3) is 5.14. The second-order valence-corrected chi connectivity index (χ2v) is 3.89. The molecule has 96 valence electrons. The molecule has 2 unspecified atom stereocenters. The number of ether oxygens (including phenoxy) is 2. The van der Waals surface area contributed by atoms with Crippen molar-refractivity contribution in [3.63, 3.8) is 0 Å². The second kappa shape index (κ2) is 6.42. The molecule has 0 bridgehead atoms. The maximum absolute atomic E-state index is 12.0. The molecule has 0 radical (unpaired) electrons. The molecule has 0 amide bonds. The average Bonchev–Trinajstić information content (AvgIpc) is 2.23. The lowest BCUT2D eigenvalue weighted by Gasteiger charge is -2.32. The highest BCUT2D eigenvalue weighted by molar-refractivity contribution is 4.80. The molecular formula is C10H18F3NO2. The third-order valence-electron chi connectivity index (χ3n) is 2.42. The van der Waals surface area contributed by atoms with Crippen molar-refractivity contribution >= 4 is 0 Å². The van der Waals surface area contributed by atoms with E-state index in [1.54, 1.807) is 0 Å². The van der Waals surface area contributed by atoms with Gasteiger partial charge in [-0.2, -0.15) is 13.2 Å². The molecule has 0 aromatic carbocycles. The highest BCUT2D eigenvalue weighted by Crippen LogP contribution is 2.18. The van der Waals surface area contributed by atoms with Gasteiger partial charge in [-0.15, -0.1) is 0 Å². The van der Waals surface area contributed by atoms with E-state index in [9.17, 15) is 13.2 Å². The Kier molecular flexibility index (Phi) is 5.51. The number of hydrogen-bond acceptors (Lipinski definition) is 3. The van der Waals surface area contributed by atoms with Crippen LogP contribution in [0.5, 0.6) is 0 Å². The first-order valence-electron chi connectivity index (χ1n) is 5.52. The van der Waals surface area contributed by atoms with Crippen molar-refractivity contribution in [1.29, 1.82) is 0 Å². The molecule has 0 aromatic rings.